The lowest BCUT2D eigenvalue weighted by Crippen LogP contribution is -2.29. The standard InChI is InChI=1S/C14H10BrN3O2S2/c1-2-6-18-12(19)10(8-9-3-4-11(15)20-9)22-14(18)17-13-16-5-7-21-13/h2-5,7-8H,1,6H2/b10-8+,17-14+. The Labute approximate surface area is 143 Å². The number of amides is 1. The topological polar surface area (TPSA) is 58.7 Å². The Morgan fingerprint density at radius 1 is 1.50 bits per heavy atom. The highest BCUT2D eigenvalue weighted by Gasteiger charge is 2.33. The van der Waals surface area contributed by atoms with Crippen LogP contribution in [0.1, 0.15) is 5.76 Å². The predicted octanol–water partition coefficient (Wildman–Crippen LogP) is 4.29. The van der Waals surface area contributed by atoms with E-state index in [0.29, 0.717) is 32.2 Å². The molecule has 0 aromatic carbocycles. The number of rotatable bonds is 4. The fourth-order valence-corrected chi connectivity index (χ4v) is 3.62. The second-order valence-electron chi connectivity index (χ2n) is 4.17. The number of aliphatic imine (C=N–C) groups is 1. The molecule has 0 spiro atoms. The zero-order chi connectivity index (χ0) is 15.5. The summed E-state index contributed by atoms with van der Waals surface area (Å²) in [5.74, 6) is 0.490. The van der Waals surface area contributed by atoms with Gasteiger partial charge in [-0.25, -0.2) is 4.98 Å². The summed E-state index contributed by atoms with van der Waals surface area (Å²) in [6.07, 6.45) is 5.06. The van der Waals surface area contributed by atoms with Crippen LogP contribution in [0.3, 0.4) is 0 Å². The van der Waals surface area contributed by atoms with Gasteiger partial charge in [0.15, 0.2) is 9.84 Å². The van der Waals surface area contributed by atoms with E-state index in [1.807, 2.05) is 5.38 Å². The van der Waals surface area contributed by atoms with Crippen LogP contribution >= 0.6 is 39.0 Å². The molecule has 5 nitrogen and oxygen atoms in total. The van der Waals surface area contributed by atoms with E-state index >= 15 is 0 Å². The van der Waals surface area contributed by atoms with E-state index in [-0.39, 0.29) is 5.91 Å². The molecule has 22 heavy (non-hydrogen) atoms. The molecular formula is C14H10BrN3O2S2. The van der Waals surface area contributed by atoms with Gasteiger partial charge in [0.2, 0.25) is 5.13 Å². The van der Waals surface area contributed by atoms with Crippen LogP contribution in [0.2, 0.25) is 0 Å². The number of thiazole rings is 1. The van der Waals surface area contributed by atoms with Crippen LogP contribution in [0.4, 0.5) is 5.13 Å². The van der Waals surface area contributed by atoms with E-state index in [4.69, 9.17) is 4.42 Å². The summed E-state index contributed by atoms with van der Waals surface area (Å²) < 4.78 is 6.04. The minimum Gasteiger partial charge on any atom is -0.450 e. The van der Waals surface area contributed by atoms with Crippen LogP contribution in [0, 0.1) is 0 Å². The maximum Gasteiger partial charge on any atom is 0.267 e. The number of hydrogen-bond donors (Lipinski definition) is 0. The van der Waals surface area contributed by atoms with Gasteiger partial charge in [-0.05, 0) is 39.8 Å². The fourth-order valence-electron chi connectivity index (χ4n) is 1.77. The average molecular weight is 396 g/mol. The van der Waals surface area contributed by atoms with Gasteiger partial charge in [0.1, 0.15) is 5.76 Å². The first-order valence-electron chi connectivity index (χ1n) is 6.23. The monoisotopic (exact) mass is 395 g/mol. The third-order valence-electron chi connectivity index (χ3n) is 2.68. The molecule has 2 aromatic heterocycles. The van der Waals surface area contributed by atoms with Gasteiger partial charge in [-0.3, -0.25) is 9.69 Å². The lowest BCUT2D eigenvalue weighted by atomic mass is 10.3. The minimum absolute atomic E-state index is 0.118. The second kappa shape index (κ2) is 6.64. The van der Waals surface area contributed by atoms with Crippen LogP contribution in [-0.2, 0) is 4.79 Å². The molecule has 112 valence electrons. The maximum absolute atomic E-state index is 12.5. The van der Waals surface area contributed by atoms with Gasteiger partial charge >= 0.3 is 0 Å². The number of halogens is 1. The van der Waals surface area contributed by atoms with Crippen molar-refractivity contribution in [2.75, 3.05) is 6.54 Å². The first-order valence-corrected chi connectivity index (χ1v) is 8.72. The predicted molar refractivity (Wildman–Crippen MR) is 93.1 cm³/mol. The highest BCUT2D eigenvalue weighted by molar-refractivity contribution is 9.10. The Bertz CT molecular complexity index is 765. The average Bonchev–Trinajstić information content (AvgIpc) is 3.19. The normalized spacial score (nSPS) is 18.6. The Morgan fingerprint density at radius 2 is 2.36 bits per heavy atom. The van der Waals surface area contributed by atoms with Crippen molar-refractivity contribution < 1.29 is 9.21 Å². The highest BCUT2D eigenvalue weighted by Crippen LogP contribution is 2.34. The van der Waals surface area contributed by atoms with Gasteiger partial charge < -0.3 is 4.42 Å². The molecule has 1 aliphatic rings. The lowest BCUT2D eigenvalue weighted by Gasteiger charge is -2.11. The number of thioether (sulfide) groups is 1. The van der Waals surface area contributed by atoms with E-state index in [9.17, 15) is 4.79 Å². The van der Waals surface area contributed by atoms with Crippen LogP contribution < -0.4 is 0 Å². The summed E-state index contributed by atoms with van der Waals surface area (Å²) in [7, 11) is 0. The Hall–Kier alpha value is -1.64. The zero-order valence-electron chi connectivity index (χ0n) is 11.2. The molecule has 1 saturated heterocycles. The van der Waals surface area contributed by atoms with Gasteiger partial charge in [-0.2, -0.15) is 4.99 Å². The minimum atomic E-state index is -0.118. The van der Waals surface area contributed by atoms with Crippen molar-refractivity contribution in [1.82, 2.24) is 9.88 Å². The van der Waals surface area contributed by atoms with Crippen molar-refractivity contribution in [3.63, 3.8) is 0 Å². The Morgan fingerprint density at radius 3 is 3.00 bits per heavy atom. The number of furan rings is 1. The van der Waals surface area contributed by atoms with Gasteiger partial charge in [0.25, 0.3) is 5.91 Å². The van der Waals surface area contributed by atoms with E-state index in [1.54, 1.807) is 35.4 Å². The van der Waals surface area contributed by atoms with Crippen molar-refractivity contribution >= 4 is 61.3 Å². The number of aromatic nitrogens is 1. The van der Waals surface area contributed by atoms with E-state index in [1.165, 1.54) is 23.1 Å². The summed E-state index contributed by atoms with van der Waals surface area (Å²) in [5, 5.41) is 3.05. The van der Waals surface area contributed by atoms with Gasteiger partial charge in [-0.1, -0.05) is 6.08 Å². The molecule has 0 bridgehead atoms. The van der Waals surface area contributed by atoms with E-state index in [2.05, 4.69) is 32.5 Å². The van der Waals surface area contributed by atoms with E-state index in [0.717, 1.165) is 0 Å². The Kier molecular flexibility index (Phi) is 4.60. The summed E-state index contributed by atoms with van der Waals surface area (Å²) in [5.41, 5.74) is 0. The molecule has 1 fully saturated rings. The number of carbonyl (C=O) groups is 1. The molecule has 1 aliphatic heterocycles. The molecule has 0 aliphatic carbocycles. The molecule has 2 aromatic rings. The van der Waals surface area contributed by atoms with Crippen LogP contribution in [0.5, 0.6) is 0 Å². The summed E-state index contributed by atoms with van der Waals surface area (Å²) in [4.78, 5) is 23.2. The molecule has 8 heteroatoms. The summed E-state index contributed by atoms with van der Waals surface area (Å²) >= 11 is 5.96. The second-order valence-corrected chi connectivity index (χ2v) is 6.83. The molecule has 0 unspecified atom stereocenters. The molecule has 0 saturated carbocycles. The Balaban J connectivity index is 1.93. The smallest absolute Gasteiger partial charge is 0.267 e. The number of nitrogens with zero attached hydrogens (tertiary/aromatic N) is 3. The highest BCUT2D eigenvalue weighted by atomic mass is 79.9. The molecule has 1 amide bonds. The van der Waals surface area contributed by atoms with Crippen molar-refractivity contribution in [1.29, 1.82) is 0 Å². The number of amidine groups is 1. The van der Waals surface area contributed by atoms with Crippen molar-refractivity contribution in [2.45, 2.75) is 0 Å². The van der Waals surface area contributed by atoms with Crippen molar-refractivity contribution in [2.24, 2.45) is 4.99 Å². The lowest BCUT2D eigenvalue weighted by molar-refractivity contribution is -0.121. The molecule has 3 rings (SSSR count). The first kappa shape index (κ1) is 15.3. The largest absolute Gasteiger partial charge is 0.450 e. The molecule has 0 N–H and O–H groups in total. The van der Waals surface area contributed by atoms with Gasteiger partial charge in [-0.15, -0.1) is 17.9 Å². The summed E-state index contributed by atoms with van der Waals surface area (Å²) in [6.45, 7) is 4.09. The van der Waals surface area contributed by atoms with Crippen LogP contribution in [-0.4, -0.2) is 27.5 Å². The van der Waals surface area contributed by atoms with E-state index < -0.39 is 0 Å². The maximum atomic E-state index is 12.5. The van der Waals surface area contributed by atoms with Crippen molar-refractivity contribution in [3.8, 4) is 0 Å². The van der Waals surface area contributed by atoms with Crippen molar-refractivity contribution in [3.05, 3.63) is 51.7 Å². The quantitative estimate of drug-likeness (QED) is 0.572. The van der Waals surface area contributed by atoms with Crippen LogP contribution in [0.15, 0.2) is 55.3 Å². The fraction of sp³-hybridized carbons (Fsp3) is 0.0714. The SMILES string of the molecule is C=CCN1C(=O)/C(=C\c2ccc(Br)o2)S/C1=N/c1nccs1. The molecule has 3 heterocycles. The number of hydrogen-bond acceptors (Lipinski definition) is 6. The third kappa shape index (κ3) is 3.23. The summed E-state index contributed by atoms with van der Waals surface area (Å²) in [6, 6.07) is 3.57. The van der Waals surface area contributed by atoms with Crippen LogP contribution in [0.25, 0.3) is 6.08 Å². The van der Waals surface area contributed by atoms with Gasteiger partial charge in [0, 0.05) is 24.2 Å². The molecule has 0 atom stereocenters. The molecular weight excluding hydrogens is 386 g/mol. The third-order valence-corrected chi connectivity index (χ3v) is 4.78. The van der Waals surface area contributed by atoms with Gasteiger partial charge in [0.05, 0.1) is 4.91 Å². The first-order chi connectivity index (χ1) is 10.7. The number of carbonyl (C=O) groups excluding carboxylic acids is 1. The molecule has 0 radical (unpaired) electrons. The zero-order valence-corrected chi connectivity index (χ0v) is 14.4.